The summed E-state index contributed by atoms with van der Waals surface area (Å²) >= 11 is 5.93. The predicted molar refractivity (Wildman–Crippen MR) is 86.5 cm³/mol. The maximum Gasteiger partial charge on any atom is 0.234 e. The van der Waals surface area contributed by atoms with E-state index in [9.17, 15) is 4.79 Å². The number of rotatable bonds is 5. The van der Waals surface area contributed by atoms with Crippen LogP contribution in [0.3, 0.4) is 0 Å². The van der Waals surface area contributed by atoms with Gasteiger partial charge in [0.1, 0.15) is 0 Å². The van der Waals surface area contributed by atoms with Gasteiger partial charge < -0.3 is 10.6 Å². The number of carbonyl (C=O) groups is 1. The van der Waals surface area contributed by atoms with E-state index in [1.54, 1.807) is 0 Å². The third-order valence-electron chi connectivity index (χ3n) is 3.79. The molecule has 1 aliphatic rings. The van der Waals surface area contributed by atoms with Gasteiger partial charge in [0.25, 0.3) is 0 Å². The monoisotopic (exact) mass is 309 g/mol. The predicted octanol–water partition coefficient (Wildman–Crippen LogP) is 2.06. The number of nitrogens with one attached hydrogen (secondary N) is 2. The standard InChI is InChI=1S/C16H24ClN3O/c1-12(2)16(13-3-5-14(17)6-4-13)19-15(21)11-20-9-7-18-8-10-20/h3-6,12,16,18H,7-11H2,1-2H3,(H,19,21). The number of halogens is 1. The lowest BCUT2D eigenvalue weighted by Gasteiger charge is -2.28. The Morgan fingerprint density at radius 2 is 1.90 bits per heavy atom. The second kappa shape index (κ2) is 7.78. The van der Waals surface area contributed by atoms with E-state index in [0.717, 1.165) is 31.7 Å². The van der Waals surface area contributed by atoms with Crippen molar-refractivity contribution in [1.29, 1.82) is 0 Å². The molecule has 1 amide bonds. The number of hydrogen-bond acceptors (Lipinski definition) is 3. The van der Waals surface area contributed by atoms with E-state index < -0.39 is 0 Å². The number of hydrogen-bond donors (Lipinski definition) is 2. The second-order valence-electron chi connectivity index (χ2n) is 5.87. The largest absolute Gasteiger partial charge is 0.348 e. The molecule has 5 heteroatoms. The van der Waals surface area contributed by atoms with Gasteiger partial charge in [-0.3, -0.25) is 9.69 Å². The minimum atomic E-state index is 0.0256. The van der Waals surface area contributed by atoms with E-state index >= 15 is 0 Å². The zero-order valence-electron chi connectivity index (χ0n) is 12.7. The highest BCUT2D eigenvalue weighted by Gasteiger charge is 2.20. The molecule has 1 saturated heterocycles. The molecule has 0 spiro atoms. The minimum Gasteiger partial charge on any atom is -0.348 e. The van der Waals surface area contributed by atoms with Gasteiger partial charge in [-0.25, -0.2) is 0 Å². The van der Waals surface area contributed by atoms with Crippen LogP contribution < -0.4 is 10.6 Å². The van der Waals surface area contributed by atoms with Gasteiger partial charge in [0.05, 0.1) is 12.6 Å². The van der Waals surface area contributed by atoms with E-state index in [4.69, 9.17) is 11.6 Å². The molecule has 4 nitrogen and oxygen atoms in total. The fourth-order valence-corrected chi connectivity index (χ4v) is 2.72. The Morgan fingerprint density at radius 1 is 1.29 bits per heavy atom. The van der Waals surface area contributed by atoms with Gasteiger partial charge in [-0.15, -0.1) is 0 Å². The summed E-state index contributed by atoms with van der Waals surface area (Å²) in [5.74, 6) is 0.420. The van der Waals surface area contributed by atoms with Crippen LogP contribution in [0.1, 0.15) is 25.5 Å². The highest BCUT2D eigenvalue weighted by Crippen LogP contribution is 2.23. The number of benzene rings is 1. The first kappa shape index (κ1) is 16.3. The molecule has 21 heavy (non-hydrogen) atoms. The molecule has 1 aromatic carbocycles. The quantitative estimate of drug-likeness (QED) is 0.875. The molecule has 0 aliphatic carbocycles. The fourth-order valence-electron chi connectivity index (χ4n) is 2.60. The van der Waals surface area contributed by atoms with Crippen LogP contribution in [-0.2, 0) is 4.79 Å². The van der Waals surface area contributed by atoms with Gasteiger partial charge in [-0.2, -0.15) is 0 Å². The molecule has 116 valence electrons. The van der Waals surface area contributed by atoms with Crippen LogP contribution in [0.25, 0.3) is 0 Å². The SMILES string of the molecule is CC(C)C(NC(=O)CN1CCNCC1)c1ccc(Cl)cc1. The van der Waals surface area contributed by atoms with Crippen LogP contribution in [0.15, 0.2) is 24.3 Å². The van der Waals surface area contributed by atoms with Crippen LogP contribution >= 0.6 is 11.6 Å². The van der Waals surface area contributed by atoms with Gasteiger partial charge in [0.2, 0.25) is 5.91 Å². The summed E-state index contributed by atoms with van der Waals surface area (Å²) in [4.78, 5) is 14.5. The van der Waals surface area contributed by atoms with E-state index in [-0.39, 0.29) is 11.9 Å². The lowest BCUT2D eigenvalue weighted by Crippen LogP contribution is -2.48. The molecule has 0 bridgehead atoms. The van der Waals surface area contributed by atoms with Gasteiger partial charge in [0, 0.05) is 31.2 Å². The molecule has 2 N–H and O–H groups in total. The van der Waals surface area contributed by atoms with Crippen molar-refractivity contribution >= 4 is 17.5 Å². The molecule has 0 radical (unpaired) electrons. The van der Waals surface area contributed by atoms with Crippen molar-refractivity contribution in [3.8, 4) is 0 Å². The molecule has 1 aromatic rings. The van der Waals surface area contributed by atoms with Crippen molar-refractivity contribution in [1.82, 2.24) is 15.5 Å². The van der Waals surface area contributed by atoms with Crippen molar-refractivity contribution in [3.63, 3.8) is 0 Å². The first-order valence-corrected chi connectivity index (χ1v) is 7.92. The fraction of sp³-hybridized carbons (Fsp3) is 0.562. The van der Waals surface area contributed by atoms with Gasteiger partial charge >= 0.3 is 0 Å². The van der Waals surface area contributed by atoms with Crippen LogP contribution in [0.4, 0.5) is 0 Å². The highest BCUT2D eigenvalue weighted by molar-refractivity contribution is 6.30. The number of nitrogens with zero attached hydrogens (tertiary/aromatic N) is 1. The van der Waals surface area contributed by atoms with Crippen LogP contribution in [0.2, 0.25) is 5.02 Å². The summed E-state index contributed by atoms with van der Waals surface area (Å²) in [6.07, 6.45) is 0. The zero-order valence-corrected chi connectivity index (χ0v) is 13.5. The van der Waals surface area contributed by atoms with Crippen LogP contribution in [0, 0.1) is 5.92 Å². The molecule has 1 atom stereocenters. The Hall–Kier alpha value is -1.10. The molecular formula is C16H24ClN3O. The van der Waals surface area contributed by atoms with Gasteiger partial charge in [-0.05, 0) is 23.6 Å². The normalized spacial score (nSPS) is 17.7. The Bertz CT molecular complexity index is 455. The summed E-state index contributed by atoms with van der Waals surface area (Å²) in [6, 6.07) is 7.73. The maximum atomic E-state index is 12.3. The zero-order chi connectivity index (χ0) is 15.2. The molecule has 1 fully saturated rings. The molecule has 2 rings (SSSR count). The topological polar surface area (TPSA) is 44.4 Å². The Labute approximate surface area is 131 Å². The third-order valence-corrected chi connectivity index (χ3v) is 4.04. The van der Waals surface area contributed by atoms with E-state index in [1.807, 2.05) is 24.3 Å². The Kier molecular flexibility index (Phi) is 6.03. The van der Waals surface area contributed by atoms with Crippen LogP contribution in [-0.4, -0.2) is 43.5 Å². The molecular weight excluding hydrogens is 286 g/mol. The molecule has 1 heterocycles. The third kappa shape index (κ3) is 4.99. The average molecular weight is 310 g/mol. The van der Waals surface area contributed by atoms with Crippen LogP contribution in [0.5, 0.6) is 0 Å². The van der Waals surface area contributed by atoms with E-state index in [0.29, 0.717) is 17.5 Å². The minimum absolute atomic E-state index is 0.0256. The number of amides is 1. The molecule has 0 saturated carbocycles. The average Bonchev–Trinajstić information content (AvgIpc) is 2.47. The van der Waals surface area contributed by atoms with Gasteiger partial charge in [0.15, 0.2) is 0 Å². The molecule has 1 unspecified atom stereocenters. The highest BCUT2D eigenvalue weighted by atomic mass is 35.5. The summed E-state index contributed by atoms with van der Waals surface area (Å²) in [7, 11) is 0. The summed E-state index contributed by atoms with van der Waals surface area (Å²) in [5.41, 5.74) is 1.10. The lowest BCUT2D eigenvalue weighted by atomic mass is 9.96. The van der Waals surface area contributed by atoms with E-state index in [1.165, 1.54) is 0 Å². The Morgan fingerprint density at radius 3 is 2.48 bits per heavy atom. The summed E-state index contributed by atoms with van der Waals surface area (Å²) < 4.78 is 0. The lowest BCUT2D eigenvalue weighted by molar-refractivity contribution is -0.123. The maximum absolute atomic E-state index is 12.3. The van der Waals surface area contributed by atoms with Gasteiger partial charge in [-0.1, -0.05) is 37.6 Å². The first-order chi connectivity index (χ1) is 10.1. The van der Waals surface area contributed by atoms with Crippen molar-refractivity contribution < 1.29 is 4.79 Å². The van der Waals surface area contributed by atoms with E-state index in [2.05, 4.69) is 29.4 Å². The van der Waals surface area contributed by atoms with Crippen molar-refractivity contribution in [3.05, 3.63) is 34.9 Å². The van der Waals surface area contributed by atoms with Crippen molar-refractivity contribution in [2.75, 3.05) is 32.7 Å². The number of carbonyl (C=O) groups excluding carboxylic acids is 1. The summed E-state index contributed by atoms with van der Waals surface area (Å²) in [6.45, 7) is 8.48. The smallest absolute Gasteiger partial charge is 0.234 e. The Balaban J connectivity index is 1.95. The first-order valence-electron chi connectivity index (χ1n) is 7.54. The summed E-state index contributed by atoms with van der Waals surface area (Å²) in [5, 5.41) is 7.16. The van der Waals surface area contributed by atoms with Crippen molar-refractivity contribution in [2.45, 2.75) is 19.9 Å². The number of piperazine rings is 1. The van der Waals surface area contributed by atoms with Crippen molar-refractivity contribution in [2.24, 2.45) is 5.92 Å². The second-order valence-corrected chi connectivity index (χ2v) is 6.30. The molecule has 1 aliphatic heterocycles. The molecule has 0 aromatic heterocycles.